The molecule has 1 saturated heterocycles. The van der Waals surface area contributed by atoms with Gasteiger partial charge in [-0.05, 0) is 53.1 Å². The fraction of sp³-hybridized carbons (Fsp3) is 0.933. The largest absolute Gasteiger partial charge is 0.444 e. The number of piperidine rings is 1. The number of nitrogens with zero attached hydrogens (tertiary/aromatic N) is 1. The Hall–Kier alpha value is -0.810. The Balaban J connectivity index is 2.32. The lowest BCUT2D eigenvalue weighted by Gasteiger charge is -2.29. The summed E-state index contributed by atoms with van der Waals surface area (Å²) in [6.45, 7) is 12.3. The van der Waals surface area contributed by atoms with E-state index >= 15 is 0 Å². The van der Waals surface area contributed by atoms with Crippen LogP contribution in [0.2, 0.25) is 0 Å². The van der Waals surface area contributed by atoms with Gasteiger partial charge < -0.3 is 20.3 Å². The molecular formula is C15H31N3O2. The first-order valence-corrected chi connectivity index (χ1v) is 7.84. The van der Waals surface area contributed by atoms with Crippen molar-refractivity contribution in [1.82, 2.24) is 15.5 Å². The molecule has 0 atom stereocenters. The second kappa shape index (κ2) is 8.47. The molecule has 1 aliphatic heterocycles. The van der Waals surface area contributed by atoms with Gasteiger partial charge in [0, 0.05) is 25.7 Å². The summed E-state index contributed by atoms with van der Waals surface area (Å²) in [6.07, 6.45) is 3.08. The number of rotatable bonds is 6. The molecule has 2 N–H and O–H groups in total. The van der Waals surface area contributed by atoms with Gasteiger partial charge in [-0.3, -0.25) is 0 Å². The van der Waals surface area contributed by atoms with Crippen molar-refractivity contribution in [2.75, 3.05) is 32.7 Å². The Labute approximate surface area is 123 Å². The van der Waals surface area contributed by atoms with Crippen molar-refractivity contribution in [3.05, 3.63) is 0 Å². The van der Waals surface area contributed by atoms with Gasteiger partial charge in [0.2, 0.25) is 0 Å². The summed E-state index contributed by atoms with van der Waals surface area (Å²) < 4.78 is 5.44. The van der Waals surface area contributed by atoms with E-state index in [0.29, 0.717) is 12.6 Å². The van der Waals surface area contributed by atoms with Gasteiger partial charge in [-0.1, -0.05) is 6.92 Å². The molecule has 0 bridgehead atoms. The van der Waals surface area contributed by atoms with Crippen molar-refractivity contribution >= 4 is 6.09 Å². The number of amides is 1. The van der Waals surface area contributed by atoms with E-state index in [0.717, 1.165) is 32.6 Å². The van der Waals surface area contributed by atoms with Gasteiger partial charge >= 0.3 is 6.09 Å². The third-order valence-corrected chi connectivity index (χ3v) is 3.30. The van der Waals surface area contributed by atoms with Crippen LogP contribution in [0.25, 0.3) is 0 Å². The number of carbonyl (C=O) groups is 1. The van der Waals surface area contributed by atoms with Crippen LogP contribution in [0.3, 0.4) is 0 Å². The van der Waals surface area contributed by atoms with Gasteiger partial charge in [0.1, 0.15) is 5.60 Å². The summed E-state index contributed by atoms with van der Waals surface area (Å²) in [6, 6.07) is 0.582. The Morgan fingerprint density at radius 3 is 2.50 bits per heavy atom. The van der Waals surface area contributed by atoms with Gasteiger partial charge in [-0.25, -0.2) is 4.79 Å². The monoisotopic (exact) mass is 285 g/mol. The van der Waals surface area contributed by atoms with Gasteiger partial charge in [0.05, 0.1) is 0 Å². The van der Waals surface area contributed by atoms with E-state index in [-0.39, 0.29) is 6.09 Å². The van der Waals surface area contributed by atoms with Crippen molar-refractivity contribution in [2.45, 2.75) is 58.6 Å². The second-order valence-corrected chi connectivity index (χ2v) is 6.45. The van der Waals surface area contributed by atoms with Crippen molar-refractivity contribution < 1.29 is 9.53 Å². The first-order chi connectivity index (χ1) is 9.42. The van der Waals surface area contributed by atoms with E-state index in [1.165, 1.54) is 12.8 Å². The van der Waals surface area contributed by atoms with Gasteiger partial charge in [-0.2, -0.15) is 0 Å². The summed E-state index contributed by atoms with van der Waals surface area (Å²) in [7, 11) is 0. The highest BCUT2D eigenvalue weighted by Gasteiger charge is 2.21. The molecule has 20 heavy (non-hydrogen) atoms. The van der Waals surface area contributed by atoms with E-state index in [1.807, 2.05) is 20.8 Å². The van der Waals surface area contributed by atoms with Crippen LogP contribution in [0.4, 0.5) is 4.79 Å². The summed E-state index contributed by atoms with van der Waals surface area (Å²) in [4.78, 5) is 13.9. The van der Waals surface area contributed by atoms with Crippen LogP contribution in [0.5, 0.6) is 0 Å². The van der Waals surface area contributed by atoms with E-state index in [4.69, 9.17) is 4.74 Å². The van der Waals surface area contributed by atoms with E-state index in [1.54, 1.807) is 4.90 Å². The molecule has 0 unspecified atom stereocenters. The van der Waals surface area contributed by atoms with Crippen LogP contribution in [-0.4, -0.2) is 55.4 Å². The normalized spacial score (nSPS) is 17.0. The fourth-order valence-corrected chi connectivity index (χ4v) is 2.32. The lowest BCUT2D eigenvalue weighted by Crippen LogP contribution is -2.45. The minimum absolute atomic E-state index is 0.202. The van der Waals surface area contributed by atoms with Crippen molar-refractivity contribution in [1.29, 1.82) is 0 Å². The van der Waals surface area contributed by atoms with Crippen LogP contribution in [0.1, 0.15) is 47.0 Å². The summed E-state index contributed by atoms with van der Waals surface area (Å²) in [5, 5.41) is 6.89. The third kappa shape index (κ3) is 7.10. The molecule has 0 aromatic heterocycles. The SMILES string of the molecule is CCCN(CCNC1CCNCC1)C(=O)OC(C)(C)C. The minimum Gasteiger partial charge on any atom is -0.444 e. The van der Waals surface area contributed by atoms with E-state index in [9.17, 15) is 4.79 Å². The quantitative estimate of drug-likeness (QED) is 0.783. The smallest absolute Gasteiger partial charge is 0.410 e. The first kappa shape index (κ1) is 17.2. The topological polar surface area (TPSA) is 53.6 Å². The molecule has 0 aromatic carbocycles. The third-order valence-electron chi connectivity index (χ3n) is 3.30. The summed E-state index contributed by atoms with van der Waals surface area (Å²) in [5.41, 5.74) is -0.425. The van der Waals surface area contributed by atoms with Crippen LogP contribution in [-0.2, 0) is 4.74 Å². The predicted octanol–water partition coefficient (Wildman–Crippen LogP) is 1.98. The maximum absolute atomic E-state index is 12.1. The van der Waals surface area contributed by atoms with Crippen LogP contribution >= 0.6 is 0 Å². The predicted molar refractivity (Wildman–Crippen MR) is 82.0 cm³/mol. The van der Waals surface area contributed by atoms with Crippen molar-refractivity contribution in [3.8, 4) is 0 Å². The van der Waals surface area contributed by atoms with Crippen LogP contribution < -0.4 is 10.6 Å². The van der Waals surface area contributed by atoms with E-state index in [2.05, 4.69) is 17.6 Å². The molecule has 0 spiro atoms. The Kier molecular flexibility index (Phi) is 7.30. The molecule has 118 valence electrons. The number of hydrogen-bond acceptors (Lipinski definition) is 4. The minimum atomic E-state index is -0.425. The van der Waals surface area contributed by atoms with Gasteiger partial charge in [-0.15, -0.1) is 0 Å². The molecule has 0 aromatic rings. The maximum atomic E-state index is 12.1. The number of hydrogen-bond donors (Lipinski definition) is 2. The van der Waals surface area contributed by atoms with Crippen molar-refractivity contribution in [2.24, 2.45) is 0 Å². The van der Waals surface area contributed by atoms with Gasteiger partial charge in [0.15, 0.2) is 0 Å². The maximum Gasteiger partial charge on any atom is 0.410 e. The Morgan fingerprint density at radius 1 is 1.30 bits per heavy atom. The molecule has 1 amide bonds. The average Bonchev–Trinajstić information content (AvgIpc) is 2.37. The van der Waals surface area contributed by atoms with Crippen LogP contribution in [0.15, 0.2) is 0 Å². The highest BCUT2D eigenvalue weighted by atomic mass is 16.6. The number of nitrogens with one attached hydrogen (secondary N) is 2. The highest BCUT2D eigenvalue weighted by Crippen LogP contribution is 2.10. The molecular weight excluding hydrogens is 254 g/mol. The zero-order valence-electron chi connectivity index (χ0n) is 13.5. The van der Waals surface area contributed by atoms with Crippen molar-refractivity contribution in [3.63, 3.8) is 0 Å². The zero-order chi connectivity index (χ0) is 15.0. The molecule has 5 heteroatoms. The van der Waals surface area contributed by atoms with Gasteiger partial charge in [0.25, 0.3) is 0 Å². The summed E-state index contributed by atoms with van der Waals surface area (Å²) >= 11 is 0. The highest BCUT2D eigenvalue weighted by molar-refractivity contribution is 5.68. The Bertz CT molecular complexity index is 283. The standard InChI is InChI=1S/C15H31N3O2/c1-5-11-18(14(19)20-15(2,3)4)12-10-17-13-6-8-16-9-7-13/h13,16-17H,5-12H2,1-4H3. The molecule has 0 aliphatic carbocycles. The molecule has 0 radical (unpaired) electrons. The fourth-order valence-electron chi connectivity index (χ4n) is 2.32. The molecule has 1 rings (SSSR count). The molecule has 5 nitrogen and oxygen atoms in total. The number of ether oxygens (including phenoxy) is 1. The number of carbonyl (C=O) groups excluding carboxylic acids is 1. The average molecular weight is 285 g/mol. The zero-order valence-corrected chi connectivity index (χ0v) is 13.5. The van der Waals surface area contributed by atoms with E-state index < -0.39 is 5.60 Å². The molecule has 1 fully saturated rings. The Morgan fingerprint density at radius 2 is 1.95 bits per heavy atom. The first-order valence-electron chi connectivity index (χ1n) is 7.84. The molecule has 1 aliphatic rings. The lowest BCUT2D eigenvalue weighted by atomic mass is 10.1. The molecule has 0 saturated carbocycles. The lowest BCUT2D eigenvalue weighted by molar-refractivity contribution is 0.0250. The second-order valence-electron chi connectivity index (χ2n) is 6.45. The molecule has 1 heterocycles. The van der Waals surface area contributed by atoms with Crippen LogP contribution in [0, 0.1) is 0 Å². The summed E-state index contributed by atoms with van der Waals surface area (Å²) in [5.74, 6) is 0.